The van der Waals surface area contributed by atoms with Gasteiger partial charge in [0.1, 0.15) is 12.3 Å². The molecule has 0 aliphatic carbocycles. The quantitative estimate of drug-likeness (QED) is 0.273. The number of piperidine rings is 3. The smallest absolute Gasteiger partial charge is 0.349 e. The Bertz CT molecular complexity index is 993. The summed E-state index contributed by atoms with van der Waals surface area (Å²) in [6.45, 7) is 4.79. The van der Waals surface area contributed by atoms with Crippen LogP contribution in [0.1, 0.15) is 29.0 Å². The van der Waals surface area contributed by atoms with Gasteiger partial charge in [0.05, 0.1) is 36.0 Å². The first-order valence-electron chi connectivity index (χ1n) is 11.6. The highest BCUT2D eigenvalue weighted by Crippen LogP contribution is 2.40. The fourth-order valence-corrected chi connectivity index (χ4v) is 7.00. The van der Waals surface area contributed by atoms with Crippen molar-refractivity contribution in [1.29, 1.82) is 0 Å². The standard InChI is InChI=1S/C26H30NO4S2/c28-25(26(29,23-9-4-17-32-23)24-10-5-18-33-24)31-22-19-27(14-11-20(22)12-15-27)13-6-16-30-21-7-2-1-3-8-21/h1-5,7-10,17-18,20,22,29H,6,11-16,19H2/q+1. The number of hydrogen-bond donors (Lipinski definition) is 1. The van der Waals surface area contributed by atoms with Gasteiger partial charge in [0.25, 0.3) is 0 Å². The predicted octanol–water partition coefficient (Wildman–Crippen LogP) is 4.67. The van der Waals surface area contributed by atoms with Crippen molar-refractivity contribution in [2.24, 2.45) is 5.92 Å². The monoisotopic (exact) mass is 484 g/mol. The molecule has 0 radical (unpaired) electrons. The molecule has 33 heavy (non-hydrogen) atoms. The zero-order valence-electron chi connectivity index (χ0n) is 18.6. The van der Waals surface area contributed by atoms with E-state index in [0.29, 0.717) is 22.3 Å². The van der Waals surface area contributed by atoms with Crippen LogP contribution in [0.4, 0.5) is 0 Å². The van der Waals surface area contributed by atoms with E-state index in [0.717, 1.165) is 55.7 Å². The lowest BCUT2D eigenvalue weighted by molar-refractivity contribution is -0.946. The fourth-order valence-electron chi connectivity index (χ4n) is 5.29. The lowest BCUT2D eigenvalue weighted by Gasteiger charge is -2.52. The first kappa shape index (κ1) is 22.6. The van der Waals surface area contributed by atoms with Gasteiger partial charge in [-0.25, -0.2) is 4.79 Å². The molecule has 0 saturated carbocycles. The molecule has 0 amide bonds. The maximum Gasteiger partial charge on any atom is 0.349 e. The van der Waals surface area contributed by atoms with Gasteiger partial charge in [-0.15, -0.1) is 22.7 Å². The van der Waals surface area contributed by atoms with Crippen molar-refractivity contribution in [3.8, 4) is 5.75 Å². The van der Waals surface area contributed by atoms with E-state index >= 15 is 0 Å². The summed E-state index contributed by atoms with van der Waals surface area (Å²) in [5.74, 6) is 0.741. The van der Waals surface area contributed by atoms with Gasteiger partial charge in [0.15, 0.2) is 6.10 Å². The summed E-state index contributed by atoms with van der Waals surface area (Å²) < 4.78 is 13.0. The van der Waals surface area contributed by atoms with Crippen LogP contribution in [-0.4, -0.2) is 54.4 Å². The fraction of sp³-hybridized carbons (Fsp3) is 0.423. The minimum absolute atomic E-state index is 0.151. The van der Waals surface area contributed by atoms with Gasteiger partial charge in [-0.1, -0.05) is 30.3 Å². The molecule has 0 spiro atoms. The summed E-state index contributed by atoms with van der Waals surface area (Å²) in [6.07, 6.45) is 2.94. The van der Waals surface area contributed by atoms with E-state index in [-0.39, 0.29) is 6.10 Å². The van der Waals surface area contributed by atoms with Crippen LogP contribution in [0.5, 0.6) is 5.75 Å². The number of benzene rings is 1. The molecule has 2 bridgehead atoms. The Hall–Kier alpha value is -2.19. The van der Waals surface area contributed by atoms with E-state index < -0.39 is 11.6 Å². The lowest BCUT2D eigenvalue weighted by atomic mass is 9.83. The largest absolute Gasteiger partial charge is 0.493 e. The molecule has 7 heteroatoms. The lowest BCUT2D eigenvalue weighted by Crippen LogP contribution is -2.65. The van der Waals surface area contributed by atoms with Gasteiger partial charge in [0, 0.05) is 25.2 Å². The van der Waals surface area contributed by atoms with Gasteiger partial charge in [-0.05, 0) is 35.0 Å². The van der Waals surface area contributed by atoms with E-state index in [1.165, 1.54) is 22.7 Å². The number of aliphatic hydroxyl groups is 1. The zero-order chi connectivity index (χ0) is 22.7. The molecule has 3 aromatic rings. The summed E-state index contributed by atoms with van der Waals surface area (Å²) in [7, 11) is 0. The van der Waals surface area contributed by atoms with Crippen molar-refractivity contribution in [1.82, 2.24) is 0 Å². The van der Waals surface area contributed by atoms with E-state index in [1.54, 1.807) is 0 Å². The second kappa shape index (κ2) is 9.58. The normalized spacial score (nSPS) is 24.5. The summed E-state index contributed by atoms with van der Waals surface area (Å²) in [4.78, 5) is 14.7. The van der Waals surface area contributed by atoms with Crippen molar-refractivity contribution in [2.45, 2.75) is 31.0 Å². The summed E-state index contributed by atoms with van der Waals surface area (Å²) in [6, 6.07) is 17.3. The summed E-state index contributed by atoms with van der Waals surface area (Å²) in [5.41, 5.74) is -1.73. The Morgan fingerprint density at radius 2 is 1.67 bits per heavy atom. The van der Waals surface area contributed by atoms with Gasteiger partial charge in [-0.2, -0.15) is 0 Å². The van der Waals surface area contributed by atoms with Crippen LogP contribution in [0.15, 0.2) is 65.4 Å². The SMILES string of the molecule is O=C(OC1C[N+]2(CCCOc3ccccc3)CCC1CC2)C(O)(c1cccs1)c1cccs1. The third-order valence-corrected chi connectivity index (χ3v) is 9.10. The van der Waals surface area contributed by atoms with Gasteiger partial charge in [0.2, 0.25) is 5.60 Å². The van der Waals surface area contributed by atoms with Gasteiger partial charge in [-0.3, -0.25) is 0 Å². The minimum Gasteiger partial charge on any atom is -0.493 e. The Kier molecular flexibility index (Phi) is 6.56. The third kappa shape index (κ3) is 4.60. The maximum absolute atomic E-state index is 13.4. The number of rotatable bonds is 9. The molecule has 2 aromatic heterocycles. The predicted molar refractivity (Wildman–Crippen MR) is 131 cm³/mol. The third-order valence-electron chi connectivity index (χ3n) is 7.14. The average Bonchev–Trinajstić information content (AvgIpc) is 3.58. The first-order chi connectivity index (χ1) is 16.1. The second-order valence-corrected chi connectivity index (χ2v) is 11.1. The van der Waals surface area contributed by atoms with E-state index in [1.807, 2.05) is 65.4 Å². The first-order valence-corrected chi connectivity index (χ1v) is 13.4. The van der Waals surface area contributed by atoms with Crippen molar-refractivity contribution in [3.63, 3.8) is 0 Å². The molecule has 6 rings (SSSR count). The molecule has 1 aromatic carbocycles. The highest BCUT2D eigenvalue weighted by molar-refractivity contribution is 7.12. The summed E-state index contributed by atoms with van der Waals surface area (Å²) >= 11 is 2.77. The maximum atomic E-state index is 13.4. The summed E-state index contributed by atoms with van der Waals surface area (Å²) in [5, 5.41) is 15.3. The number of fused-ring (bicyclic) bond motifs is 3. The van der Waals surface area contributed by atoms with Crippen LogP contribution < -0.4 is 4.74 Å². The number of para-hydroxylation sites is 1. The number of carbonyl (C=O) groups excluding carboxylic acids is 1. The Morgan fingerprint density at radius 3 is 2.27 bits per heavy atom. The average molecular weight is 485 g/mol. The van der Waals surface area contributed by atoms with Crippen LogP contribution in [0.2, 0.25) is 0 Å². The van der Waals surface area contributed by atoms with Gasteiger partial charge >= 0.3 is 5.97 Å². The highest BCUT2D eigenvalue weighted by atomic mass is 32.1. The van der Waals surface area contributed by atoms with Crippen LogP contribution in [0.3, 0.4) is 0 Å². The van der Waals surface area contributed by atoms with Crippen LogP contribution in [0.25, 0.3) is 0 Å². The minimum atomic E-state index is -1.73. The number of thiophene rings is 2. The number of esters is 1. The molecular formula is C26H30NO4S2+. The van der Waals surface area contributed by atoms with E-state index in [4.69, 9.17) is 9.47 Å². The Morgan fingerprint density at radius 1 is 1.00 bits per heavy atom. The second-order valence-electron chi connectivity index (χ2n) is 9.16. The van der Waals surface area contributed by atoms with Crippen molar-refractivity contribution < 1.29 is 23.9 Å². The molecule has 174 valence electrons. The van der Waals surface area contributed by atoms with Crippen molar-refractivity contribution >= 4 is 28.6 Å². The Labute approximate surface area is 202 Å². The topological polar surface area (TPSA) is 55.8 Å². The van der Waals surface area contributed by atoms with Crippen LogP contribution in [0, 0.1) is 5.92 Å². The molecule has 1 N–H and O–H groups in total. The molecule has 3 aliphatic heterocycles. The van der Waals surface area contributed by atoms with Crippen LogP contribution in [-0.2, 0) is 15.1 Å². The number of quaternary nitrogens is 1. The van der Waals surface area contributed by atoms with Crippen molar-refractivity contribution in [2.75, 3.05) is 32.8 Å². The Balaban J connectivity index is 1.24. The van der Waals surface area contributed by atoms with E-state index in [9.17, 15) is 9.90 Å². The zero-order valence-corrected chi connectivity index (χ0v) is 20.2. The van der Waals surface area contributed by atoms with Crippen LogP contribution >= 0.6 is 22.7 Å². The van der Waals surface area contributed by atoms with Crippen molar-refractivity contribution in [3.05, 3.63) is 75.1 Å². The molecule has 5 nitrogen and oxygen atoms in total. The number of hydrogen-bond acceptors (Lipinski definition) is 6. The number of carbonyl (C=O) groups is 1. The molecule has 3 aliphatic rings. The molecule has 1 atom stereocenters. The highest BCUT2D eigenvalue weighted by Gasteiger charge is 2.51. The molecule has 5 heterocycles. The molecule has 3 saturated heterocycles. The van der Waals surface area contributed by atoms with E-state index in [2.05, 4.69) is 0 Å². The number of nitrogens with zero attached hydrogens (tertiary/aromatic N) is 1. The molecule has 1 unspecified atom stereocenters. The van der Waals surface area contributed by atoms with Gasteiger partial charge < -0.3 is 19.1 Å². The number of ether oxygens (including phenoxy) is 2. The molecule has 3 fully saturated rings. The molecular weight excluding hydrogens is 454 g/mol.